The van der Waals surface area contributed by atoms with E-state index in [1.165, 1.54) is 6.07 Å². The molecule has 0 aliphatic rings. The Morgan fingerprint density at radius 2 is 1.91 bits per heavy atom. The van der Waals surface area contributed by atoms with Gasteiger partial charge in [0.25, 0.3) is 11.8 Å². The molecule has 0 atom stereocenters. The topological polar surface area (TPSA) is 58.2 Å². The summed E-state index contributed by atoms with van der Waals surface area (Å²) in [5.41, 5.74) is 1.03. The molecule has 0 bridgehead atoms. The van der Waals surface area contributed by atoms with E-state index in [0.717, 1.165) is 11.3 Å². The highest BCUT2D eigenvalue weighted by Gasteiger charge is 2.17. The third-order valence-corrected chi connectivity index (χ3v) is 4.22. The number of benzene rings is 1. The predicted octanol–water partition coefficient (Wildman–Crippen LogP) is 4.22. The van der Waals surface area contributed by atoms with E-state index in [0.29, 0.717) is 26.5 Å². The summed E-state index contributed by atoms with van der Waals surface area (Å²) in [5.74, 6) is -0.720. The van der Waals surface area contributed by atoms with Crippen LogP contribution in [0, 0.1) is 0 Å². The lowest BCUT2D eigenvalue weighted by Crippen LogP contribution is -2.25. The minimum Gasteiger partial charge on any atom is -0.349 e. The Hall–Kier alpha value is -1.82. The van der Waals surface area contributed by atoms with Crippen LogP contribution in [0.2, 0.25) is 8.67 Å². The van der Waals surface area contributed by atoms with Crippen molar-refractivity contribution in [2.45, 2.75) is 0 Å². The Bertz CT molecular complexity index is 728. The van der Waals surface area contributed by atoms with E-state index in [1.807, 2.05) is 0 Å². The summed E-state index contributed by atoms with van der Waals surface area (Å²) < 4.78 is 0.725. The summed E-state index contributed by atoms with van der Waals surface area (Å²) in [7, 11) is 0. The second-order valence-corrected chi connectivity index (χ2v) is 6.52. The lowest BCUT2D eigenvalue weighted by atomic mass is 10.1. The van der Waals surface area contributed by atoms with Gasteiger partial charge in [-0.05, 0) is 18.2 Å². The first-order valence-corrected chi connectivity index (χ1v) is 7.84. The van der Waals surface area contributed by atoms with Gasteiger partial charge in [0.1, 0.15) is 4.34 Å². The predicted molar refractivity (Wildman–Crippen MR) is 91.3 cm³/mol. The van der Waals surface area contributed by atoms with E-state index in [2.05, 4.69) is 17.2 Å². The van der Waals surface area contributed by atoms with Crippen molar-refractivity contribution < 1.29 is 9.59 Å². The second kappa shape index (κ2) is 7.45. The number of thiophene rings is 1. The number of nitrogens with one attached hydrogen (secondary N) is 2. The van der Waals surface area contributed by atoms with Crippen molar-refractivity contribution in [1.82, 2.24) is 5.32 Å². The molecule has 2 N–H and O–H groups in total. The number of rotatable bonds is 5. The van der Waals surface area contributed by atoms with Gasteiger partial charge in [0.05, 0.1) is 21.2 Å². The number of carbonyl (C=O) groups excluding carboxylic acids is 2. The van der Waals surface area contributed by atoms with Crippen LogP contribution in [-0.2, 0) is 0 Å². The Morgan fingerprint density at radius 1 is 1.18 bits per heavy atom. The van der Waals surface area contributed by atoms with Crippen molar-refractivity contribution in [3.63, 3.8) is 0 Å². The van der Waals surface area contributed by atoms with Gasteiger partial charge in [-0.2, -0.15) is 0 Å². The smallest absolute Gasteiger partial charge is 0.258 e. The summed E-state index contributed by atoms with van der Waals surface area (Å²) in [4.78, 5) is 24.3. The molecule has 0 spiro atoms. The van der Waals surface area contributed by atoms with Crippen LogP contribution in [0.15, 0.2) is 43.0 Å². The van der Waals surface area contributed by atoms with Crippen molar-refractivity contribution in [2.75, 3.05) is 11.9 Å². The lowest BCUT2D eigenvalue weighted by Gasteiger charge is -2.10. The number of hydrogen-bond donors (Lipinski definition) is 2. The van der Waals surface area contributed by atoms with Crippen LogP contribution in [0.4, 0.5) is 5.69 Å². The quantitative estimate of drug-likeness (QED) is 0.789. The largest absolute Gasteiger partial charge is 0.349 e. The zero-order valence-electron chi connectivity index (χ0n) is 11.4. The number of anilines is 1. The average molecular weight is 355 g/mol. The minimum atomic E-state index is -0.419. The monoisotopic (exact) mass is 354 g/mol. The van der Waals surface area contributed by atoms with E-state index >= 15 is 0 Å². The third kappa shape index (κ3) is 3.88. The highest BCUT2D eigenvalue weighted by atomic mass is 35.5. The Balaban J connectivity index is 2.22. The third-order valence-electron chi connectivity index (χ3n) is 2.73. The summed E-state index contributed by atoms with van der Waals surface area (Å²) in [6.07, 6.45) is 1.58. The van der Waals surface area contributed by atoms with Gasteiger partial charge in [0, 0.05) is 6.54 Å². The first-order chi connectivity index (χ1) is 10.5. The maximum atomic E-state index is 12.2. The maximum absolute atomic E-state index is 12.2. The van der Waals surface area contributed by atoms with Crippen molar-refractivity contribution in [3.05, 3.63) is 62.8 Å². The van der Waals surface area contributed by atoms with Gasteiger partial charge in [0.15, 0.2) is 0 Å². The first-order valence-electron chi connectivity index (χ1n) is 6.27. The highest BCUT2D eigenvalue weighted by molar-refractivity contribution is 7.20. The molecule has 0 unspecified atom stereocenters. The molecule has 2 rings (SSSR count). The van der Waals surface area contributed by atoms with Gasteiger partial charge in [-0.1, -0.05) is 41.4 Å². The van der Waals surface area contributed by atoms with Crippen LogP contribution in [0.3, 0.4) is 0 Å². The molecule has 1 aromatic heterocycles. The fraction of sp³-hybridized carbons (Fsp3) is 0.0667. The standard InChI is InChI=1S/C15H12Cl2N2O2S/c1-2-7-18-14(20)9-5-3-4-6-11(9)19-15(21)10-8-12(16)22-13(10)17/h2-6,8H,1,7H2,(H,18,20)(H,19,21). The summed E-state index contributed by atoms with van der Waals surface area (Å²) >= 11 is 12.9. The van der Waals surface area contributed by atoms with Crippen LogP contribution in [0.1, 0.15) is 20.7 Å². The van der Waals surface area contributed by atoms with Crippen LogP contribution in [-0.4, -0.2) is 18.4 Å². The molecule has 0 saturated heterocycles. The van der Waals surface area contributed by atoms with Crippen molar-refractivity contribution in [1.29, 1.82) is 0 Å². The number of para-hydroxylation sites is 1. The summed E-state index contributed by atoms with van der Waals surface area (Å²) in [6, 6.07) is 8.19. The molecule has 0 radical (unpaired) electrons. The van der Waals surface area contributed by atoms with Gasteiger partial charge in [-0.15, -0.1) is 17.9 Å². The molecule has 0 aliphatic carbocycles. The molecule has 114 valence electrons. The fourth-order valence-electron chi connectivity index (χ4n) is 1.73. The molecular weight excluding hydrogens is 343 g/mol. The molecule has 22 heavy (non-hydrogen) atoms. The van der Waals surface area contributed by atoms with Crippen LogP contribution >= 0.6 is 34.5 Å². The van der Waals surface area contributed by atoms with E-state index in [1.54, 1.807) is 30.3 Å². The molecule has 1 aromatic carbocycles. The average Bonchev–Trinajstić information content (AvgIpc) is 2.84. The van der Waals surface area contributed by atoms with Gasteiger partial charge in [0.2, 0.25) is 0 Å². The molecule has 2 aromatic rings. The van der Waals surface area contributed by atoms with Gasteiger partial charge in [-0.25, -0.2) is 0 Å². The summed E-state index contributed by atoms with van der Waals surface area (Å²) in [6.45, 7) is 3.88. The number of carbonyl (C=O) groups is 2. The number of hydrogen-bond acceptors (Lipinski definition) is 3. The van der Waals surface area contributed by atoms with Crippen LogP contribution < -0.4 is 10.6 Å². The van der Waals surface area contributed by atoms with Crippen molar-refractivity contribution >= 4 is 52.0 Å². The Labute approximate surface area is 141 Å². The van der Waals surface area contributed by atoms with Crippen molar-refractivity contribution in [3.8, 4) is 0 Å². The van der Waals surface area contributed by atoms with E-state index < -0.39 is 5.91 Å². The molecule has 0 saturated carbocycles. The lowest BCUT2D eigenvalue weighted by molar-refractivity contribution is 0.0959. The molecule has 0 aliphatic heterocycles. The minimum absolute atomic E-state index is 0.276. The van der Waals surface area contributed by atoms with E-state index in [4.69, 9.17) is 23.2 Å². The fourth-order valence-corrected chi connectivity index (χ4v) is 3.19. The van der Waals surface area contributed by atoms with E-state index in [9.17, 15) is 9.59 Å². The van der Waals surface area contributed by atoms with Gasteiger partial charge in [-0.3, -0.25) is 9.59 Å². The second-order valence-electron chi connectivity index (χ2n) is 4.24. The summed E-state index contributed by atoms with van der Waals surface area (Å²) in [5, 5.41) is 5.34. The van der Waals surface area contributed by atoms with E-state index in [-0.39, 0.29) is 11.5 Å². The Kier molecular flexibility index (Phi) is 5.60. The number of halogens is 2. The van der Waals surface area contributed by atoms with Gasteiger partial charge < -0.3 is 10.6 Å². The van der Waals surface area contributed by atoms with Crippen LogP contribution in [0.25, 0.3) is 0 Å². The van der Waals surface area contributed by atoms with Crippen molar-refractivity contribution in [2.24, 2.45) is 0 Å². The first kappa shape index (κ1) is 16.5. The maximum Gasteiger partial charge on any atom is 0.258 e. The molecule has 1 heterocycles. The van der Waals surface area contributed by atoms with Crippen LogP contribution in [0.5, 0.6) is 0 Å². The normalized spacial score (nSPS) is 10.1. The number of amides is 2. The molecule has 2 amide bonds. The Morgan fingerprint density at radius 3 is 2.55 bits per heavy atom. The zero-order valence-corrected chi connectivity index (χ0v) is 13.7. The zero-order chi connectivity index (χ0) is 16.1. The SMILES string of the molecule is C=CCNC(=O)c1ccccc1NC(=O)c1cc(Cl)sc1Cl. The van der Waals surface area contributed by atoms with Gasteiger partial charge >= 0.3 is 0 Å². The molecule has 0 fully saturated rings. The molecule has 4 nitrogen and oxygen atoms in total. The molecular formula is C15H12Cl2N2O2S. The molecule has 7 heteroatoms. The highest BCUT2D eigenvalue weighted by Crippen LogP contribution is 2.31.